The molecule has 0 radical (unpaired) electrons. The van der Waals surface area contributed by atoms with Gasteiger partial charge in [-0.25, -0.2) is 4.39 Å². The number of amides is 1. The molecule has 8 nitrogen and oxygen atoms in total. The molecule has 2 aromatic carbocycles. The highest BCUT2D eigenvalue weighted by Gasteiger charge is 2.47. The second-order valence-electron chi connectivity index (χ2n) is 10.5. The number of aliphatic carboxylic acids is 1. The number of benzene rings is 2. The van der Waals surface area contributed by atoms with E-state index in [4.69, 9.17) is 14.2 Å². The van der Waals surface area contributed by atoms with Crippen molar-refractivity contribution in [3.8, 4) is 17.2 Å². The summed E-state index contributed by atoms with van der Waals surface area (Å²) < 4.78 is 30.7. The van der Waals surface area contributed by atoms with E-state index in [1.165, 1.54) is 6.07 Å². The van der Waals surface area contributed by atoms with Gasteiger partial charge in [0.05, 0.1) is 19.6 Å². The van der Waals surface area contributed by atoms with Crippen LogP contribution in [0, 0.1) is 18.7 Å². The van der Waals surface area contributed by atoms with Crippen LogP contribution in [-0.4, -0.2) is 61.0 Å². The maximum atomic E-state index is 14.0. The van der Waals surface area contributed by atoms with Crippen LogP contribution in [-0.2, 0) is 9.59 Å². The third-order valence-electron chi connectivity index (χ3n) is 7.90. The van der Waals surface area contributed by atoms with Gasteiger partial charge in [0, 0.05) is 30.2 Å². The summed E-state index contributed by atoms with van der Waals surface area (Å²) >= 11 is 0. The minimum absolute atomic E-state index is 0.0666. The van der Waals surface area contributed by atoms with Gasteiger partial charge in [-0.15, -0.1) is 0 Å². The molecule has 1 amide bonds. The number of likely N-dealkylation sites (tertiary alicyclic amines) is 1. The lowest BCUT2D eigenvalue weighted by molar-refractivity contribution is -0.143. The Bertz CT molecular complexity index is 1200. The van der Waals surface area contributed by atoms with Crippen LogP contribution in [0.4, 0.5) is 10.1 Å². The highest BCUT2D eigenvalue weighted by Crippen LogP contribution is 2.47. The molecular formula is C30H39FN2O6. The van der Waals surface area contributed by atoms with Crippen LogP contribution in [0.2, 0.25) is 0 Å². The average molecular weight is 543 g/mol. The summed E-state index contributed by atoms with van der Waals surface area (Å²) in [4.78, 5) is 30.3. The number of ether oxygens (including phenoxy) is 3. The minimum atomic E-state index is -0.893. The highest BCUT2D eigenvalue weighted by molar-refractivity contribution is 5.95. The monoisotopic (exact) mass is 542 g/mol. The van der Waals surface area contributed by atoms with Crippen LogP contribution in [0.3, 0.4) is 0 Å². The van der Waals surface area contributed by atoms with Crippen molar-refractivity contribution in [2.75, 3.05) is 31.9 Å². The lowest BCUT2D eigenvalue weighted by Crippen LogP contribution is -2.47. The number of halogens is 1. The van der Waals surface area contributed by atoms with E-state index < -0.39 is 11.9 Å². The van der Waals surface area contributed by atoms with Crippen molar-refractivity contribution in [3.63, 3.8) is 0 Å². The van der Waals surface area contributed by atoms with E-state index in [-0.39, 0.29) is 43.1 Å². The Hall–Kier alpha value is -3.33. The summed E-state index contributed by atoms with van der Waals surface area (Å²) in [5.41, 5.74) is 1.91. The van der Waals surface area contributed by atoms with Gasteiger partial charge in [-0.2, -0.15) is 0 Å². The summed E-state index contributed by atoms with van der Waals surface area (Å²) in [7, 11) is 1.54. The van der Waals surface area contributed by atoms with Crippen LogP contribution in [0.1, 0.15) is 63.5 Å². The first-order chi connectivity index (χ1) is 18.7. The van der Waals surface area contributed by atoms with Crippen molar-refractivity contribution in [1.82, 2.24) is 4.90 Å². The van der Waals surface area contributed by atoms with Crippen molar-refractivity contribution >= 4 is 17.6 Å². The molecule has 2 aromatic rings. The van der Waals surface area contributed by atoms with Gasteiger partial charge >= 0.3 is 5.97 Å². The Kier molecular flexibility index (Phi) is 9.00. The van der Waals surface area contributed by atoms with E-state index in [0.29, 0.717) is 41.5 Å². The number of fused-ring (bicyclic) bond motifs is 1. The Morgan fingerprint density at radius 3 is 2.62 bits per heavy atom. The zero-order valence-electron chi connectivity index (χ0n) is 23.4. The number of carbonyl (C=O) groups is 2. The number of rotatable bonds is 11. The number of hydrogen-bond donors (Lipinski definition) is 1. The predicted octanol–water partition coefficient (Wildman–Crippen LogP) is 5.36. The fourth-order valence-corrected chi connectivity index (χ4v) is 6.07. The molecule has 2 heterocycles. The molecule has 1 N–H and O–H groups in total. The zero-order valence-corrected chi connectivity index (χ0v) is 23.4. The second kappa shape index (κ2) is 12.2. The zero-order chi connectivity index (χ0) is 28.3. The first-order valence-electron chi connectivity index (χ1n) is 13.7. The third kappa shape index (κ3) is 5.83. The Morgan fingerprint density at radius 1 is 1.21 bits per heavy atom. The van der Waals surface area contributed by atoms with Crippen molar-refractivity contribution in [2.24, 2.45) is 5.92 Å². The van der Waals surface area contributed by atoms with Gasteiger partial charge in [0.25, 0.3) is 0 Å². The topological polar surface area (TPSA) is 88.5 Å². The van der Waals surface area contributed by atoms with E-state index in [1.54, 1.807) is 31.1 Å². The summed E-state index contributed by atoms with van der Waals surface area (Å²) in [5, 5.41) is 10.4. The van der Waals surface area contributed by atoms with E-state index in [2.05, 4.69) is 6.92 Å². The molecule has 1 unspecified atom stereocenters. The van der Waals surface area contributed by atoms with Gasteiger partial charge in [-0.1, -0.05) is 26.7 Å². The first kappa shape index (κ1) is 28.7. The van der Waals surface area contributed by atoms with Gasteiger partial charge in [0.1, 0.15) is 5.82 Å². The highest BCUT2D eigenvalue weighted by atomic mass is 19.1. The first-order valence-corrected chi connectivity index (χ1v) is 13.7. The molecule has 4 rings (SSSR count). The normalized spacial score (nSPS) is 21.1. The number of nitrogens with zero attached hydrogens (tertiary/aromatic N) is 2. The maximum Gasteiger partial charge on any atom is 0.308 e. The smallest absolute Gasteiger partial charge is 0.308 e. The summed E-state index contributed by atoms with van der Waals surface area (Å²) in [6, 6.07) is 7.97. The summed E-state index contributed by atoms with van der Waals surface area (Å²) in [6.45, 7) is 8.31. The van der Waals surface area contributed by atoms with Crippen LogP contribution in [0.5, 0.6) is 17.2 Å². The quantitative estimate of drug-likeness (QED) is 0.409. The lowest BCUT2D eigenvalue weighted by atomic mass is 9.83. The molecule has 9 heteroatoms. The van der Waals surface area contributed by atoms with E-state index in [0.717, 1.165) is 24.8 Å². The number of anilines is 1. The fraction of sp³-hybridized carbons (Fsp3) is 0.533. The van der Waals surface area contributed by atoms with Gasteiger partial charge in [-0.3, -0.25) is 14.5 Å². The molecule has 4 atom stereocenters. The number of carboxylic acids is 1. The van der Waals surface area contributed by atoms with Gasteiger partial charge < -0.3 is 24.2 Å². The summed E-state index contributed by atoms with van der Waals surface area (Å²) in [6.07, 6.45) is 3.10. The molecule has 212 valence electrons. The number of aryl methyl sites for hydroxylation is 1. The van der Waals surface area contributed by atoms with E-state index in [9.17, 15) is 19.1 Å². The lowest BCUT2D eigenvalue weighted by Gasteiger charge is -2.33. The molecule has 39 heavy (non-hydrogen) atoms. The summed E-state index contributed by atoms with van der Waals surface area (Å²) in [5.74, 6) is -0.881. The molecule has 0 spiro atoms. The van der Waals surface area contributed by atoms with Crippen LogP contribution < -0.4 is 19.1 Å². The van der Waals surface area contributed by atoms with Crippen LogP contribution >= 0.6 is 0 Å². The molecule has 1 fully saturated rings. The molecule has 2 aliphatic rings. The van der Waals surface area contributed by atoms with Crippen molar-refractivity contribution in [1.29, 1.82) is 0 Å². The fourth-order valence-electron chi connectivity index (χ4n) is 6.07. The molecule has 0 saturated carbocycles. The number of methoxy groups -OCH3 is 1. The Morgan fingerprint density at radius 2 is 1.97 bits per heavy atom. The van der Waals surface area contributed by atoms with Crippen molar-refractivity contribution < 1.29 is 33.3 Å². The van der Waals surface area contributed by atoms with E-state index in [1.807, 2.05) is 30.9 Å². The Balaban J connectivity index is 1.67. The molecule has 1 saturated heterocycles. The number of hydrogen-bond acceptors (Lipinski definition) is 6. The third-order valence-corrected chi connectivity index (χ3v) is 7.90. The standard InChI is InChI=1S/C30H39FN2O6/c1-6-8-19(4)33(21-10-11-23(31)18(3)12-21)27(34)16-32-15-22(28(30(35)36)24(32)9-7-2)20-13-25(37-5)29-26(14-20)38-17-39-29/h10-14,19,22,24,28H,6-9,15-17H2,1-5H3,(H,35,36)/t19?,22-,24+,28-/m1/s1. The van der Waals surface area contributed by atoms with Crippen LogP contribution in [0.15, 0.2) is 30.3 Å². The molecule has 0 bridgehead atoms. The number of carbonyl (C=O) groups excluding carboxylic acids is 1. The van der Waals surface area contributed by atoms with Crippen LogP contribution in [0.25, 0.3) is 0 Å². The largest absolute Gasteiger partial charge is 0.493 e. The van der Waals surface area contributed by atoms with Gasteiger partial charge in [0.15, 0.2) is 11.5 Å². The van der Waals surface area contributed by atoms with Crippen molar-refractivity contribution in [2.45, 2.75) is 71.4 Å². The van der Waals surface area contributed by atoms with Gasteiger partial charge in [0.2, 0.25) is 18.4 Å². The SMILES string of the molecule is CCCC(C)N(C(=O)CN1C[C@H](c2cc(OC)c3c(c2)OCO3)[C@@H](C(=O)O)[C@@H]1CCC)c1ccc(F)c(C)c1. The minimum Gasteiger partial charge on any atom is -0.493 e. The van der Waals surface area contributed by atoms with Crippen molar-refractivity contribution in [3.05, 3.63) is 47.3 Å². The maximum absolute atomic E-state index is 14.0. The molecular weight excluding hydrogens is 503 g/mol. The number of carboxylic acid groups (broad SMARTS) is 1. The van der Waals surface area contributed by atoms with E-state index >= 15 is 0 Å². The average Bonchev–Trinajstić information content (AvgIpc) is 3.51. The van der Waals surface area contributed by atoms with Gasteiger partial charge in [-0.05, 0) is 68.1 Å². The predicted molar refractivity (Wildman–Crippen MR) is 146 cm³/mol. The molecule has 0 aliphatic carbocycles. The Labute approximate surface area is 229 Å². The molecule has 0 aromatic heterocycles. The second-order valence-corrected chi connectivity index (χ2v) is 10.5. The molecule has 2 aliphatic heterocycles.